The number of nitrogens with one attached hydrogen (secondary N) is 2. The van der Waals surface area contributed by atoms with Gasteiger partial charge in [-0.15, -0.1) is 24.0 Å². The number of para-hydroxylation sites is 2. The summed E-state index contributed by atoms with van der Waals surface area (Å²) in [5, 5.41) is 6.53. The maximum absolute atomic E-state index is 5.93. The van der Waals surface area contributed by atoms with Crippen LogP contribution in [0.2, 0.25) is 0 Å². The Morgan fingerprint density at radius 2 is 1.96 bits per heavy atom. The van der Waals surface area contributed by atoms with Crippen LogP contribution in [-0.2, 0) is 4.74 Å². The first-order valence-electron chi connectivity index (χ1n) is 9.12. The molecule has 0 spiro atoms. The summed E-state index contributed by atoms with van der Waals surface area (Å²) < 4.78 is 16.9. The Labute approximate surface area is 174 Å². The van der Waals surface area contributed by atoms with Crippen molar-refractivity contribution in [1.29, 1.82) is 0 Å². The third-order valence-electron chi connectivity index (χ3n) is 3.84. The fraction of sp³-hybridized carbons (Fsp3) is 0.632. The average Bonchev–Trinajstić information content (AvgIpc) is 3.44. The summed E-state index contributed by atoms with van der Waals surface area (Å²) in [7, 11) is 1.64. The maximum Gasteiger partial charge on any atom is 0.191 e. The Hall–Kier alpha value is -1.22. The molecule has 148 valence electrons. The van der Waals surface area contributed by atoms with Crippen molar-refractivity contribution in [3.63, 3.8) is 0 Å². The number of benzene rings is 1. The van der Waals surface area contributed by atoms with E-state index in [0.717, 1.165) is 43.1 Å². The van der Waals surface area contributed by atoms with Crippen LogP contribution in [0.4, 0.5) is 0 Å². The number of ether oxygens (including phenoxy) is 3. The molecule has 2 rings (SSSR count). The van der Waals surface area contributed by atoms with Crippen molar-refractivity contribution >= 4 is 29.9 Å². The molecule has 1 unspecified atom stereocenters. The molecule has 0 bridgehead atoms. The molecule has 1 saturated carbocycles. The minimum absolute atomic E-state index is 0. The molecule has 7 heteroatoms. The Morgan fingerprint density at radius 1 is 1.23 bits per heavy atom. The van der Waals surface area contributed by atoms with Crippen LogP contribution in [0.3, 0.4) is 0 Å². The predicted molar refractivity (Wildman–Crippen MR) is 116 cm³/mol. The van der Waals surface area contributed by atoms with Gasteiger partial charge in [0.1, 0.15) is 6.10 Å². The normalized spacial score (nSPS) is 15.0. The van der Waals surface area contributed by atoms with Gasteiger partial charge in [-0.3, -0.25) is 0 Å². The zero-order chi connectivity index (χ0) is 17.9. The van der Waals surface area contributed by atoms with Gasteiger partial charge in [-0.05, 0) is 44.7 Å². The van der Waals surface area contributed by atoms with Crippen molar-refractivity contribution in [1.82, 2.24) is 10.6 Å². The monoisotopic (exact) mass is 477 g/mol. The van der Waals surface area contributed by atoms with Gasteiger partial charge in [-0.25, -0.2) is 4.99 Å². The number of halogens is 1. The van der Waals surface area contributed by atoms with Crippen molar-refractivity contribution < 1.29 is 14.2 Å². The molecule has 0 aliphatic heterocycles. The van der Waals surface area contributed by atoms with E-state index in [1.165, 1.54) is 12.8 Å². The second kappa shape index (κ2) is 13.0. The SMILES string of the molecule is CCNC(=NCC(C)Oc1ccccc1OC)NCCOCC1CC1.I. The molecule has 2 N–H and O–H groups in total. The van der Waals surface area contributed by atoms with Crippen molar-refractivity contribution in [2.75, 3.05) is 40.0 Å². The Kier molecular flexibility index (Phi) is 11.4. The molecule has 1 aliphatic carbocycles. The fourth-order valence-corrected chi connectivity index (χ4v) is 2.31. The quantitative estimate of drug-likeness (QED) is 0.222. The fourth-order valence-electron chi connectivity index (χ4n) is 2.31. The van der Waals surface area contributed by atoms with Gasteiger partial charge in [-0.1, -0.05) is 12.1 Å². The summed E-state index contributed by atoms with van der Waals surface area (Å²) in [5.74, 6) is 3.05. The zero-order valence-corrected chi connectivity index (χ0v) is 18.3. The number of rotatable bonds is 11. The first-order chi connectivity index (χ1) is 12.2. The second-order valence-electron chi connectivity index (χ2n) is 6.24. The van der Waals surface area contributed by atoms with Gasteiger partial charge in [0.15, 0.2) is 17.5 Å². The summed E-state index contributed by atoms with van der Waals surface area (Å²) in [4.78, 5) is 4.58. The highest BCUT2D eigenvalue weighted by molar-refractivity contribution is 14.0. The number of nitrogens with zero attached hydrogens (tertiary/aromatic N) is 1. The lowest BCUT2D eigenvalue weighted by Gasteiger charge is -2.16. The van der Waals surface area contributed by atoms with Gasteiger partial charge in [0.25, 0.3) is 0 Å². The van der Waals surface area contributed by atoms with Crippen LogP contribution in [0.5, 0.6) is 11.5 Å². The van der Waals surface area contributed by atoms with Crippen LogP contribution in [0, 0.1) is 5.92 Å². The van der Waals surface area contributed by atoms with Gasteiger partial charge < -0.3 is 24.8 Å². The number of aliphatic imine (C=N–C) groups is 1. The molecule has 0 radical (unpaired) electrons. The molecule has 0 aromatic heterocycles. The molecule has 0 saturated heterocycles. The summed E-state index contributed by atoms with van der Waals surface area (Å²) in [6.07, 6.45) is 2.58. The van der Waals surface area contributed by atoms with Crippen LogP contribution >= 0.6 is 24.0 Å². The summed E-state index contributed by atoms with van der Waals surface area (Å²) >= 11 is 0. The molecule has 1 aromatic rings. The Bertz CT molecular complexity index is 539. The van der Waals surface area contributed by atoms with E-state index < -0.39 is 0 Å². The van der Waals surface area contributed by atoms with E-state index >= 15 is 0 Å². The molecule has 1 aromatic carbocycles. The maximum atomic E-state index is 5.93. The first-order valence-corrected chi connectivity index (χ1v) is 9.12. The van der Waals surface area contributed by atoms with Gasteiger partial charge in [0.2, 0.25) is 0 Å². The van der Waals surface area contributed by atoms with E-state index in [2.05, 4.69) is 22.5 Å². The lowest BCUT2D eigenvalue weighted by Crippen LogP contribution is -2.39. The summed E-state index contributed by atoms with van der Waals surface area (Å²) in [5.41, 5.74) is 0. The van der Waals surface area contributed by atoms with Gasteiger partial charge >= 0.3 is 0 Å². The molecule has 1 atom stereocenters. The number of hydrogen-bond acceptors (Lipinski definition) is 4. The summed E-state index contributed by atoms with van der Waals surface area (Å²) in [6, 6.07) is 7.65. The lowest BCUT2D eigenvalue weighted by molar-refractivity contribution is 0.129. The van der Waals surface area contributed by atoms with Crippen LogP contribution in [-0.4, -0.2) is 52.0 Å². The number of hydrogen-bond donors (Lipinski definition) is 2. The predicted octanol–water partition coefficient (Wildman–Crippen LogP) is 3.06. The molecule has 1 aliphatic rings. The highest BCUT2D eigenvalue weighted by Gasteiger charge is 2.20. The van der Waals surface area contributed by atoms with Crippen molar-refractivity contribution in [2.24, 2.45) is 10.9 Å². The smallest absolute Gasteiger partial charge is 0.191 e. The largest absolute Gasteiger partial charge is 0.493 e. The third-order valence-corrected chi connectivity index (χ3v) is 3.84. The average molecular weight is 477 g/mol. The lowest BCUT2D eigenvalue weighted by atomic mass is 10.3. The van der Waals surface area contributed by atoms with Crippen LogP contribution < -0.4 is 20.1 Å². The molecule has 0 heterocycles. The molecule has 6 nitrogen and oxygen atoms in total. The van der Waals surface area contributed by atoms with Gasteiger partial charge in [0, 0.05) is 19.7 Å². The van der Waals surface area contributed by atoms with E-state index in [1.54, 1.807) is 7.11 Å². The standard InChI is InChI=1S/C19H31N3O3.HI/c1-4-20-19(21-11-12-24-14-16-9-10-16)22-13-15(2)25-18-8-6-5-7-17(18)23-3;/h5-8,15-16H,4,9-14H2,1-3H3,(H2,20,21,22);1H. The molecule has 1 fully saturated rings. The molecule has 26 heavy (non-hydrogen) atoms. The van der Waals surface area contributed by atoms with E-state index in [9.17, 15) is 0 Å². The topological polar surface area (TPSA) is 64.1 Å². The van der Waals surface area contributed by atoms with Crippen LogP contribution in [0.25, 0.3) is 0 Å². The Morgan fingerprint density at radius 3 is 2.62 bits per heavy atom. The third kappa shape index (κ3) is 8.93. The number of methoxy groups -OCH3 is 1. The first kappa shape index (κ1) is 22.8. The van der Waals surface area contributed by atoms with E-state index in [4.69, 9.17) is 14.2 Å². The highest BCUT2D eigenvalue weighted by Crippen LogP contribution is 2.28. The summed E-state index contributed by atoms with van der Waals surface area (Å²) in [6.45, 7) is 7.76. The second-order valence-corrected chi connectivity index (χ2v) is 6.24. The zero-order valence-electron chi connectivity index (χ0n) is 16.0. The highest BCUT2D eigenvalue weighted by atomic mass is 127. The minimum Gasteiger partial charge on any atom is -0.493 e. The van der Waals surface area contributed by atoms with E-state index in [-0.39, 0.29) is 30.1 Å². The molecular formula is C19H32IN3O3. The van der Waals surface area contributed by atoms with Crippen molar-refractivity contribution in [3.8, 4) is 11.5 Å². The van der Waals surface area contributed by atoms with Gasteiger partial charge in [0.05, 0.1) is 20.3 Å². The molecular weight excluding hydrogens is 445 g/mol. The number of guanidine groups is 1. The van der Waals surface area contributed by atoms with Crippen LogP contribution in [0.1, 0.15) is 26.7 Å². The van der Waals surface area contributed by atoms with Crippen molar-refractivity contribution in [3.05, 3.63) is 24.3 Å². The van der Waals surface area contributed by atoms with Crippen LogP contribution in [0.15, 0.2) is 29.3 Å². The molecule has 0 amide bonds. The van der Waals surface area contributed by atoms with E-state index in [1.807, 2.05) is 31.2 Å². The minimum atomic E-state index is -0.0575. The van der Waals surface area contributed by atoms with Gasteiger partial charge in [-0.2, -0.15) is 0 Å². The van der Waals surface area contributed by atoms with Crippen molar-refractivity contribution in [2.45, 2.75) is 32.8 Å². The van der Waals surface area contributed by atoms with E-state index in [0.29, 0.717) is 13.2 Å². The Balaban J connectivity index is 0.00000338.